The van der Waals surface area contributed by atoms with Crippen LogP contribution >= 0.6 is 6.89 Å². The monoisotopic (exact) mass is 654 g/mol. The topological polar surface area (TPSA) is 150 Å². The van der Waals surface area contributed by atoms with E-state index in [-0.39, 0.29) is 25.5 Å². The Hall–Kier alpha value is -3.83. The summed E-state index contributed by atoms with van der Waals surface area (Å²) in [6.45, 7) is 4.02. The van der Waals surface area contributed by atoms with Gasteiger partial charge in [-0.05, 0) is 54.6 Å². The molecule has 2 heterocycles. The molecule has 0 bridgehead atoms. The summed E-state index contributed by atoms with van der Waals surface area (Å²) in [4.78, 5) is 51.5. The second kappa shape index (κ2) is 13.5. The number of carbonyl (C=O) groups is 2. The first-order chi connectivity index (χ1) is 21.8. The molecule has 1 fully saturated rings. The van der Waals surface area contributed by atoms with E-state index in [0.29, 0.717) is 6.42 Å². The summed E-state index contributed by atoms with van der Waals surface area (Å²) in [5.41, 5.74) is 2.75. The van der Waals surface area contributed by atoms with Gasteiger partial charge >= 0.3 is 23.5 Å². The second-order valence-electron chi connectivity index (χ2n) is 12.7. The number of nitrogens with zero attached hydrogens (tertiary/aromatic N) is 3. The molecule has 1 aliphatic heterocycles. The lowest BCUT2D eigenvalue weighted by molar-refractivity contribution is -0.696. The Labute approximate surface area is 266 Å². The minimum absolute atomic E-state index is 0.00371. The fourth-order valence-electron chi connectivity index (χ4n) is 5.98. The van der Waals surface area contributed by atoms with Crippen molar-refractivity contribution in [3.8, 4) is 11.1 Å². The quantitative estimate of drug-likeness (QED) is 0.145. The maximum atomic E-state index is 13.4. The van der Waals surface area contributed by atoms with Gasteiger partial charge in [0.15, 0.2) is 0 Å². The lowest BCUT2D eigenvalue weighted by Gasteiger charge is -2.18. The van der Waals surface area contributed by atoms with E-state index in [0.717, 1.165) is 42.1 Å². The van der Waals surface area contributed by atoms with Gasteiger partial charge in [0, 0.05) is 5.92 Å². The van der Waals surface area contributed by atoms with Crippen LogP contribution in [0, 0.1) is 5.92 Å². The second-order valence-corrected chi connectivity index (χ2v) is 17.1. The third kappa shape index (κ3) is 6.95. The minimum atomic E-state index is -1.41. The number of hydrogen-bond acceptors (Lipinski definition) is 9. The molecule has 1 unspecified atom stereocenters. The summed E-state index contributed by atoms with van der Waals surface area (Å²) in [5.74, 6) is -1.92. The van der Waals surface area contributed by atoms with Crippen molar-refractivity contribution in [3.63, 3.8) is 0 Å². The largest absolute Gasteiger partial charge is 0.516 e. The Morgan fingerprint density at radius 2 is 1.65 bits per heavy atom. The van der Waals surface area contributed by atoms with Gasteiger partial charge in [0.2, 0.25) is 12.6 Å². The van der Waals surface area contributed by atoms with Crippen LogP contribution in [0.4, 0.5) is 4.79 Å². The van der Waals surface area contributed by atoms with Crippen LogP contribution in [0.15, 0.2) is 64.4 Å². The van der Waals surface area contributed by atoms with Crippen molar-refractivity contribution in [2.75, 3.05) is 26.1 Å². The molecule has 0 amide bonds. The van der Waals surface area contributed by atoms with Crippen LogP contribution in [0.3, 0.4) is 0 Å². The number of aliphatic hydroxyl groups excluding tert-OH is 2. The average molecular weight is 655 g/mol. The predicted octanol–water partition coefficient (Wildman–Crippen LogP) is 2.07. The molecule has 46 heavy (non-hydrogen) atoms. The molecule has 3 aromatic rings. The fraction of sp³-hybridized carbons (Fsp3) is 0.455. The van der Waals surface area contributed by atoms with E-state index < -0.39 is 60.8 Å². The van der Waals surface area contributed by atoms with Gasteiger partial charge in [-0.1, -0.05) is 55.5 Å². The van der Waals surface area contributed by atoms with E-state index in [2.05, 4.69) is 19.6 Å². The van der Waals surface area contributed by atoms with Crippen LogP contribution in [0.25, 0.3) is 11.1 Å². The average Bonchev–Trinajstić information content (AvgIpc) is 3.49. The van der Waals surface area contributed by atoms with Crippen LogP contribution in [-0.2, 0) is 32.6 Å². The van der Waals surface area contributed by atoms with E-state index in [1.165, 1.54) is 20.3 Å². The SMILES string of the molecule is C=P(C)(C)CC[C@H]1O[C@@H](n2c[n+](C)c(=O)n(CCC(C)C(=O)OC(=O)OCC3c4ccccc4-c4ccccc43)c2=O)[C@H](O)[C@@H]1O. The zero-order chi connectivity index (χ0) is 33.3. The van der Waals surface area contributed by atoms with Crippen LogP contribution < -0.4 is 15.9 Å². The zero-order valence-corrected chi connectivity index (χ0v) is 27.3. The number of rotatable bonds is 10. The summed E-state index contributed by atoms with van der Waals surface area (Å²) in [7, 11) is 1.44. The van der Waals surface area contributed by atoms with E-state index >= 15 is 0 Å². The molecule has 2 aromatic carbocycles. The summed E-state index contributed by atoms with van der Waals surface area (Å²) in [6.07, 6.45) is 0.893. The van der Waals surface area contributed by atoms with Crippen LogP contribution in [0.2, 0.25) is 0 Å². The predicted molar refractivity (Wildman–Crippen MR) is 172 cm³/mol. The molecule has 13 heteroatoms. The highest BCUT2D eigenvalue weighted by Gasteiger charge is 2.46. The molecule has 1 aromatic heterocycles. The number of fused-ring (bicyclic) bond motifs is 3. The van der Waals surface area contributed by atoms with Gasteiger partial charge < -0.3 is 24.4 Å². The molecule has 5 rings (SSSR count). The normalized spacial score (nSPS) is 21.4. The first kappa shape index (κ1) is 33.5. The number of esters is 1. The molecular weight excluding hydrogens is 613 g/mol. The lowest BCUT2D eigenvalue weighted by Crippen LogP contribution is -2.59. The molecule has 5 atom stereocenters. The molecule has 0 saturated carbocycles. The molecule has 0 radical (unpaired) electrons. The Morgan fingerprint density at radius 1 is 1.04 bits per heavy atom. The molecule has 246 valence electrons. The maximum absolute atomic E-state index is 13.4. The van der Waals surface area contributed by atoms with Gasteiger partial charge in [-0.3, -0.25) is 4.79 Å². The van der Waals surface area contributed by atoms with Gasteiger partial charge in [-0.25, -0.2) is 19.0 Å². The smallest absolute Gasteiger partial charge is 0.433 e. The minimum Gasteiger partial charge on any atom is -0.433 e. The number of aliphatic hydroxyl groups is 2. The van der Waals surface area contributed by atoms with Crippen molar-refractivity contribution in [2.45, 2.75) is 56.8 Å². The molecule has 12 nitrogen and oxygen atoms in total. The highest BCUT2D eigenvalue weighted by Crippen LogP contribution is 2.44. The Morgan fingerprint density at radius 3 is 2.26 bits per heavy atom. The van der Waals surface area contributed by atoms with E-state index in [9.17, 15) is 29.4 Å². The van der Waals surface area contributed by atoms with Gasteiger partial charge in [0.05, 0.1) is 25.6 Å². The fourth-order valence-corrected chi connectivity index (χ4v) is 6.93. The number of hydrogen-bond donors (Lipinski definition) is 2. The molecule has 0 spiro atoms. The van der Waals surface area contributed by atoms with E-state index in [1.54, 1.807) is 0 Å². The number of carbonyl (C=O) groups excluding carboxylic acids is 2. The standard InChI is InChI=1S/C33H41N3O9P/c1-20(30(39)45-33(42)43-18-25-23-12-8-6-10-21(23)22-11-7-9-13-24(22)25)14-16-35-31(40)34(2)19-36(32(35)41)29-28(38)27(37)26(44-29)15-17-46(3,4)5/h6-13,19-20,25-29,37-38H,3,14-18H2,1-2,4-5H3/q+1/t20?,26-,27-,28-,29-/m1/s1. The van der Waals surface area contributed by atoms with Crippen LogP contribution in [-0.4, -0.2) is 82.2 Å². The van der Waals surface area contributed by atoms with Gasteiger partial charge in [-0.2, -0.15) is 9.13 Å². The highest BCUT2D eigenvalue weighted by molar-refractivity contribution is 7.72. The number of benzene rings is 2. The Balaban J connectivity index is 1.20. The third-order valence-corrected chi connectivity index (χ3v) is 10.1. The molecule has 1 saturated heterocycles. The van der Waals surface area contributed by atoms with Crippen LogP contribution in [0.5, 0.6) is 0 Å². The lowest BCUT2D eigenvalue weighted by atomic mass is 9.98. The maximum Gasteiger partial charge on any atom is 0.516 e. The van der Waals surface area contributed by atoms with Crippen molar-refractivity contribution in [1.29, 1.82) is 0 Å². The molecule has 2 aliphatic rings. The summed E-state index contributed by atoms with van der Waals surface area (Å²) < 4.78 is 19.4. The van der Waals surface area contributed by atoms with Crippen molar-refractivity contribution >= 4 is 25.3 Å². The van der Waals surface area contributed by atoms with E-state index in [1.807, 2.05) is 48.5 Å². The number of aryl methyl sites for hydroxylation is 1. The van der Waals surface area contributed by atoms with E-state index in [4.69, 9.17) is 14.2 Å². The zero-order valence-electron chi connectivity index (χ0n) is 26.4. The first-order valence-electron chi connectivity index (χ1n) is 15.2. The summed E-state index contributed by atoms with van der Waals surface area (Å²) in [5, 5.41) is 21.3. The third-order valence-electron chi connectivity index (χ3n) is 8.61. The van der Waals surface area contributed by atoms with Crippen LogP contribution in [0.1, 0.15) is 43.0 Å². The molecule has 1 aliphatic carbocycles. The van der Waals surface area contributed by atoms with Crippen molar-refractivity contribution in [2.24, 2.45) is 13.0 Å². The van der Waals surface area contributed by atoms with Crippen molar-refractivity contribution in [3.05, 3.63) is 87.0 Å². The van der Waals surface area contributed by atoms with Gasteiger partial charge in [0.25, 0.3) is 0 Å². The number of aromatic nitrogens is 3. The van der Waals surface area contributed by atoms with Crippen molar-refractivity contribution < 1.29 is 38.6 Å². The number of ether oxygens (including phenoxy) is 3. The molecule has 2 N–H and O–H groups in total. The highest BCUT2D eigenvalue weighted by atomic mass is 31.2. The van der Waals surface area contributed by atoms with Crippen molar-refractivity contribution in [1.82, 2.24) is 9.13 Å². The Bertz CT molecular complexity index is 1750. The van der Waals surface area contributed by atoms with Gasteiger partial charge in [-0.15, -0.1) is 13.2 Å². The summed E-state index contributed by atoms with van der Waals surface area (Å²) >= 11 is 0. The van der Waals surface area contributed by atoms with Gasteiger partial charge in [0.1, 0.15) is 18.8 Å². The first-order valence-corrected chi connectivity index (χ1v) is 18.3. The summed E-state index contributed by atoms with van der Waals surface area (Å²) in [6, 6.07) is 15.7. The molecular formula is C33H41N3O9P+. The Kier molecular flexibility index (Phi) is 9.83.